The molecule has 0 fully saturated rings. The summed E-state index contributed by atoms with van der Waals surface area (Å²) < 4.78 is 72.4. The van der Waals surface area contributed by atoms with E-state index in [1.54, 1.807) is 7.05 Å². The van der Waals surface area contributed by atoms with Crippen LogP contribution in [0, 0.1) is 0 Å². The van der Waals surface area contributed by atoms with Gasteiger partial charge in [-0.05, 0) is 0 Å². The Kier molecular flexibility index (Phi) is 29.0. The molecule has 0 bridgehead atoms. The van der Waals surface area contributed by atoms with Crippen molar-refractivity contribution in [2.75, 3.05) is 7.05 Å². The van der Waals surface area contributed by atoms with Crippen LogP contribution in [0.15, 0.2) is 0 Å². The second-order valence-electron chi connectivity index (χ2n) is 0.805. The normalized spacial score (nSPS) is 9.60. The van der Waals surface area contributed by atoms with Gasteiger partial charge in [0.15, 0.2) is 0 Å². The van der Waals surface area contributed by atoms with Gasteiger partial charge in [-0.25, -0.2) is 0 Å². The van der Waals surface area contributed by atoms with Crippen LogP contribution in [0.25, 0.3) is 0 Å². The summed E-state index contributed by atoms with van der Waals surface area (Å²) in [6.45, 7) is 0. The number of halogens is 3. The first-order valence-corrected chi connectivity index (χ1v) is 13.6. The Bertz CT molecular complexity index is 94.6. The number of rotatable bonds is 4. The summed E-state index contributed by atoms with van der Waals surface area (Å²) >= 11 is -13.6. The number of quaternary nitrogens is 1. The maximum absolute atomic E-state index is 9.67. The summed E-state index contributed by atoms with van der Waals surface area (Å²) in [5.74, 6) is 0. The van der Waals surface area contributed by atoms with Crippen molar-refractivity contribution in [2.24, 2.45) is 0 Å². The molecule has 0 saturated heterocycles. The van der Waals surface area contributed by atoms with Gasteiger partial charge in [-0.2, -0.15) is 0 Å². The summed E-state index contributed by atoms with van der Waals surface area (Å²) in [6, 6.07) is 0. The van der Waals surface area contributed by atoms with Crippen LogP contribution in [0.4, 0.5) is 0 Å². The molecule has 0 spiro atoms. The van der Waals surface area contributed by atoms with Gasteiger partial charge in [0, 0.05) is 0 Å². The predicted molar refractivity (Wildman–Crippen MR) is 16.7 cm³/mol. The molecule has 2 radical (unpaired) electrons. The number of hydrogen-bond acceptors (Lipinski definition) is 9. The quantitative estimate of drug-likeness (QED) is 0.213. The molecule has 94 valence electrons. The summed E-state index contributed by atoms with van der Waals surface area (Å²) in [5, 5.41) is 0. The van der Waals surface area contributed by atoms with E-state index in [1.807, 2.05) is 0 Å². The van der Waals surface area contributed by atoms with Crippen LogP contribution in [-0.4, -0.2) is 32.2 Å². The van der Waals surface area contributed by atoms with E-state index >= 15 is 0 Å². The van der Waals surface area contributed by atoms with Crippen molar-refractivity contribution in [3.05, 3.63) is 0 Å². The fourth-order valence-electron chi connectivity index (χ4n) is 0.0633. The first-order valence-electron chi connectivity index (χ1n) is 2.50. The Morgan fingerprint density at radius 3 is 1.13 bits per heavy atom. The van der Waals surface area contributed by atoms with Crippen LogP contribution >= 0.6 is 0 Å². The van der Waals surface area contributed by atoms with Gasteiger partial charge < -0.3 is 16.0 Å². The van der Waals surface area contributed by atoms with Gasteiger partial charge in [0.05, 0.1) is 7.05 Å². The average Bonchev–Trinajstić information content (AvgIpc) is 2.05. The third kappa shape index (κ3) is 47.7. The molecule has 0 saturated carbocycles. The third-order valence-electron chi connectivity index (χ3n) is 0.189. The van der Waals surface area contributed by atoms with Crippen molar-refractivity contribution >= 4 is 25.1 Å². The molecule has 0 aromatic rings. The molecule has 0 heterocycles. The van der Waals surface area contributed by atoms with Crippen molar-refractivity contribution in [2.45, 2.75) is 0 Å². The standard InChI is InChI=1S/CH5N.3IO3.Pb/c1-2;3*2-1(3)4;/h2H2,1H3;;;;/q;3*-1;+2/p+1. The molecule has 0 aliphatic heterocycles. The summed E-state index contributed by atoms with van der Waals surface area (Å²) in [5.41, 5.74) is 3.25. The zero-order valence-electron chi connectivity index (χ0n) is 7.02. The Morgan fingerprint density at radius 1 is 0.800 bits per heavy atom. The van der Waals surface area contributed by atoms with E-state index in [2.05, 4.69) is 7.77 Å². The van der Waals surface area contributed by atoms with Gasteiger partial charge >= 0.3 is 83.0 Å². The molecule has 0 aliphatic carbocycles. The summed E-state index contributed by atoms with van der Waals surface area (Å²) in [7, 11) is 1.75. The Hall–Kier alpha value is 2.71. The summed E-state index contributed by atoms with van der Waals surface area (Å²) in [4.78, 5) is 0. The molecule has 14 heteroatoms. The molecule has 0 aliphatic rings. The molecule has 0 amide bonds. The van der Waals surface area contributed by atoms with Crippen LogP contribution in [-0.2, 0) is 2.03 Å². The van der Waals surface area contributed by atoms with Gasteiger partial charge in [-0.15, -0.1) is 0 Å². The van der Waals surface area contributed by atoms with Gasteiger partial charge in [-0.1, -0.05) is 0 Å². The molecule has 10 nitrogen and oxygen atoms in total. The van der Waals surface area contributed by atoms with Crippen LogP contribution in [0.1, 0.15) is 0 Å². The minimum absolute atomic E-state index is 1.75. The van der Waals surface area contributed by atoms with Crippen molar-refractivity contribution < 1.29 is 95.0 Å². The maximum atomic E-state index is 9.67. The van der Waals surface area contributed by atoms with E-state index in [9.17, 15) is 13.7 Å². The predicted octanol–water partition coefficient (Wildman–Crippen LogP) is -19.0. The van der Waals surface area contributed by atoms with Gasteiger partial charge in [0.1, 0.15) is 0 Å². The molecule has 0 rings (SSSR count). The zero-order chi connectivity index (χ0) is 12.9. The van der Waals surface area contributed by atoms with Gasteiger partial charge in [-0.3, -0.25) is 0 Å². The van der Waals surface area contributed by atoms with Gasteiger partial charge in [0.25, 0.3) is 21.1 Å². The van der Waals surface area contributed by atoms with Crippen molar-refractivity contribution in [3.63, 3.8) is 0 Å². The minimum atomic E-state index is -4.01. The van der Waals surface area contributed by atoms with Crippen molar-refractivity contribution in [1.29, 1.82) is 0 Å². The fourth-order valence-corrected chi connectivity index (χ4v) is 7.73. The van der Waals surface area contributed by atoms with Crippen molar-refractivity contribution in [3.8, 4) is 0 Å². The van der Waals surface area contributed by atoms with E-state index in [4.69, 9.17) is 10.3 Å². The SMILES string of the molecule is C[NH3+].[O-][I+2]([O-])[O-].[O-][I+2]([O-])[O][Pb][O][I+2]([O-])[O-]. The van der Waals surface area contributed by atoms with Crippen molar-refractivity contribution in [1.82, 2.24) is 0 Å². The van der Waals surface area contributed by atoms with Crippen LogP contribution in [0.2, 0.25) is 0 Å². The Labute approximate surface area is 125 Å². The Morgan fingerprint density at radius 2 is 1.00 bits per heavy atom. The number of hydrogen-bond donors (Lipinski definition) is 1. The molecule has 3 N–H and O–H groups in total. The average molecular weight is 764 g/mol. The third-order valence-corrected chi connectivity index (χ3v) is 11.1. The molecule has 0 unspecified atom stereocenters. The first-order chi connectivity index (χ1) is 6.86. The molecule has 0 aromatic heterocycles. The van der Waals surface area contributed by atoms with Crippen LogP contribution < -0.4 is 93.0 Å². The molecule has 0 aromatic carbocycles. The van der Waals surface area contributed by atoms with Gasteiger partial charge in [0.2, 0.25) is 0 Å². The molecular weight excluding hydrogens is 758 g/mol. The molecule has 0 atom stereocenters. The van der Waals surface area contributed by atoms with E-state index in [1.165, 1.54) is 0 Å². The Balaban J connectivity index is -0.000000202. The molecular formula is CH6I3NO9Pb. The monoisotopic (exact) mass is 765 g/mol. The first kappa shape index (κ1) is 22.9. The van der Waals surface area contributed by atoms with E-state index in [0.29, 0.717) is 0 Å². The second kappa shape index (κ2) is 19.1. The van der Waals surface area contributed by atoms with E-state index < -0.39 is 88.3 Å². The van der Waals surface area contributed by atoms with Crippen LogP contribution in [0.5, 0.6) is 0 Å². The second-order valence-corrected chi connectivity index (χ2v) is 13.6. The fraction of sp³-hybridized carbons (Fsp3) is 1.00. The van der Waals surface area contributed by atoms with E-state index in [-0.39, 0.29) is 0 Å². The summed E-state index contributed by atoms with van der Waals surface area (Å²) in [6.07, 6.45) is 0. The zero-order valence-corrected chi connectivity index (χ0v) is 17.4. The van der Waals surface area contributed by atoms with E-state index in [0.717, 1.165) is 0 Å². The molecule has 15 heavy (non-hydrogen) atoms. The van der Waals surface area contributed by atoms with Crippen LogP contribution in [0.3, 0.4) is 0 Å². The topological polar surface area (TPSA) is 208 Å².